The van der Waals surface area contributed by atoms with Gasteiger partial charge in [-0.3, -0.25) is 4.79 Å². The quantitative estimate of drug-likeness (QED) is 0.786. The van der Waals surface area contributed by atoms with Crippen molar-refractivity contribution in [3.63, 3.8) is 0 Å². The van der Waals surface area contributed by atoms with Crippen LogP contribution in [0.5, 0.6) is 0 Å². The van der Waals surface area contributed by atoms with E-state index >= 15 is 0 Å². The number of hydrogen-bond acceptors (Lipinski definition) is 3. The molecule has 0 radical (unpaired) electrons. The first-order valence-corrected chi connectivity index (χ1v) is 7.66. The Morgan fingerprint density at radius 2 is 2.24 bits per heavy atom. The molecule has 4 nitrogen and oxygen atoms in total. The van der Waals surface area contributed by atoms with E-state index in [9.17, 15) is 9.59 Å². The van der Waals surface area contributed by atoms with Crippen LogP contribution in [0.25, 0.3) is 0 Å². The number of likely N-dealkylation sites (tertiary alicyclic amines) is 1. The first-order chi connectivity index (χ1) is 10.1. The third-order valence-electron chi connectivity index (χ3n) is 3.80. The fourth-order valence-electron chi connectivity index (χ4n) is 2.77. The molecule has 5 heteroatoms. The van der Waals surface area contributed by atoms with Gasteiger partial charge in [0.2, 0.25) is 5.91 Å². The summed E-state index contributed by atoms with van der Waals surface area (Å²) in [5.74, 6) is -0.236. The summed E-state index contributed by atoms with van der Waals surface area (Å²) in [5.41, 5.74) is 1.04. The second-order valence-corrected chi connectivity index (χ2v) is 5.61. The van der Waals surface area contributed by atoms with Crippen LogP contribution in [-0.4, -0.2) is 36.0 Å². The molecule has 1 amide bonds. The normalized spacial score (nSPS) is 19.7. The molecule has 21 heavy (non-hydrogen) atoms. The summed E-state index contributed by atoms with van der Waals surface area (Å²) < 4.78 is 5.06. The van der Waals surface area contributed by atoms with Gasteiger partial charge in [-0.1, -0.05) is 30.7 Å². The third kappa shape index (κ3) is 3.56. The predicted molar refractivity (Wildman–Crippen MR) is 81.2 cm³/mol. The van der Waals surface area contributed by atoms with Crippen molar-refractivity contribution in [2.45, 2.75) is 38.6 Å². The fraction of sp³-hybridized carbons (Fsp3) is 0.500. The zero-order chi connectivity index (χ0) is 15.4. The van der Waals surface area contributed by atoms with Crippen LogP contribution in [0.1, 0.15) is 38.2 Å². The molecule has 1 fully saturated rings. The van der Waals surface area contributed by atoms with E-state index in [1.165, 1.54) is 0 Å². The van der Waals surface area contributed by atoms with Crippen LogP contribution in [-0.2, 0) is 14.3 Å². The number of benzene rings is 1. The van der Waals surface area contributed by atoms with E-state index < -0.39 is 6.04 Å². The highest BCUT2D eigenvalue weighted by Crippen LogP contribution is 2.31. The lowest BCUT2D eigenvalue weighted by Gasteiger charge is -2.25. The highest BCUT2D eigenvalue weighted by Gasteiger charge is 2.37. The Hall–Kier alpha value is -1.55. The molecule has 1 aromatic carbocycles. The van der Waals surface area contributed by atoms with E-state index in [4.69, 9.17) is 16.3 Å². The lowest BCUT2D eigenvalue weighted by molar-refractivity contribution is -0.153. The summed E-state index contributed by atoms with van der Waals surface area (Å²) in [6.07, 6.45) is 0.975. The molecule has 0 aliphatic carbocycles. The molecule has 1 heterocycles. The second kappa shape index (κ2) is 6.94. The fourth-order valence-corrected chi connectivity index (χ4v) is 2.97. The second-order valence-electron chi connectivity index (χ2n) is 5.18. The van der Waals surface area contributed by atoms with E-state index in [1.807, 2.05) is 31.2 Å². The van der Waals surface area contributed by atoms with Gasteiger partial charge in [0, 0.05) is 23.9 Å². The molecule has 1 saturated heterocycles. The van der Waals surface area contributed by atoms with Crippen molar-refractivity contribution in [3.8, 4) is 0 Å². The Balaban J connectivity index is 2.13. The molecule has 0 saturated carbocycles. The van der Waals surface area contributed by atoms with Crippen LogP contribution in [0.15, 0.2) is 24.3 Å². The van der Waals surface area contributed by atoms with Gasteiger partial charge in [-0.15, -0.1) is 0 Å². The van der Waals surface area contributed by atoms with Crippen molar-refractivity contribution in [1.82, 2.24) is 4.90 Å². The van der Waals surface area contributed by atoms with Gasteiger partial charge in [0.05, 0.1) is 6.61 Å². The smallest absolute Gasteiger partial charge is 0.328 e. The number of nitrogens with zero attached hydrogens (tertiary/aromatic N) is 1. The maximum absolute atomic E-state index is 12.2. The van der Waals surface area contributed by atoms with Gasteiger partial charge >= 0.3 is 5.97 Å². The maximum Gasteiger partial charge on any atom is 0.328 e. The Morgan fingerprint density at radius 1 is 1.48 bits per heavy atom. The van der Waals surface area contributed by atoms with Crippen molar-refractivity contribution in [2.75, 3.05) is 13.2 Å². The number of carbonyl (C=O) groups is 2. The highest BCUT2D eigenvalue weighted by atomic mass is 35.5. The van der Waals surface area contributed by atoms with Crippen molar-refractivity contribution >= 4 is 23.5 Å². The Kier molecular flexibility index (Phi) is 5.23. The molecule has 2 atom stereocenters. The van der Waals surface area contributed by atoms with Gasteiger partial charge in [-0.2, -0.15) is 0 Å². The average molecular weight is 310 g/mol. The summed E-state index contributed by atoms with van der Waals surface area (Å²) in [7, 11) is 0. The van der Waals surface area contributed by atoms with Crippen LogP contribution in [0.2, 0.25) is 5.02 Å². The summed E-state index contributed by atoms with van der Waals surface area (Å²) in [4.78, 5) is 25.8. The largest absolute Gasteiger partial charge is 0.464 e. The predicted octanol–water partition coefficient (Wildman–Crippen LogP) is 3.00. The number of halogens is 1. The molecule has 0 spiro atoms. The van der Waals surface area contributed by atoms with Gasteiger partial charge in [0.25, 0.3) is 0 Å². The number of hydrogen-bond donors (Lipinski definition) is 0. The van der Waals surface area contributed by atoms with E-state index in [1.54, 1.807) is 11.8 Å². The van der Waals surface area contributed by atoms with Gasteiger partial charge in [-0.05, 0) is 31.0 Å². The first-order valence-electron chi connectivity index (χ1n) is 7.28. The van der Waals surface area contributed by atoms with Crippen LogP contribution in [0.3, 0.4) is 0 Å². The Bertz CT molecular complexity index is 532. The van der Waals surface area contributed by atoms with Gasteiger partial charge in [0.15, 0.2) is 0 Å². The van der Waals surface area contributed by atoms with Gasteiger partial charge < -0.3 is 9.64 Å². The first kappa shape index (κ1) is 15.8. The number of carbonyl (C=O) groups excluding carboxylic acids is 2. The van der Waals surface area contributed by atoms with Crippen LogP contribution in [0.4, 0.5) is 0 Å². The minimum Gasteiger partial charge on any atom is -0.464 e. The molecular weight excluding hydrogens is 290 g/mol. The highest BCUT2D eigenvalue weighted by molar-refractivity contribution is 6.30. The molecule has 1 aliphatic heterocycles. The number of amides is 1. The zero-order valence-electron chi connectivity index (χ0n) is 12.3. The summed E-state index contributed by atoms with van der Waals surface area (Å²) in [6, 6.07) is 7.06. The Labute approximate surface area is 130 Å². The van der Waals surface area contributed by atoms with E-state index in [0.29, 0.717) is 31.0 Å². The summed E-state index contributed by atoms with van der Waals surface area (Å²) in [5, 5.41) is 0.663. The van der Waals surface area contributed by atoms with Gasteiger partial charge in [-0.25, -0.2) is 4.79 Å². The lowest BCUT2D eigenvalue weighted by Crippen LogP contribution is -2.42. The van der Waals surface area contributed by atoms with Crippen molar-refractivity contribution < 1.29 is 14.3 Å². The van der Waals surface area contributed by atoms with Crippen LogP contribution >= 0.6 is 11.6 Å². The van der Waals surface area contributed by atoms with E-state index in [0.717, 1.165) is 5.56 Å². The molecule has 114 valence electrons. The monoisotopic (exact) mass is 309 g/mol. The van der Waals surface area contributed by atoms with E-state index in [-0.39, 0.29) is 17.8 Å². The number of ether oxygens (including phenoxy) is 1. The van der Waals surface area contributed by atoms with Crippen LogP contribution < -0.4 is 0 Å². The molecule has 2 rings (SSSR count). The van der Waals surface area contributed by atoms with Crippen molar-refractivity contribution in [2.24, 2.45) is 0 Å². The molecule has 1 aromatic rings. The van der Waals surface area contributed by atoms with Crippen molar-refractivity contribution in [1.29, 1.82) is 0 Å². The molecule has 2 unspecified atom stereocenters. The third-order valence-corrected chi connectivity index (χ3v) is 4.04. The molecule has 1 aliphatic rings. The lowest BCUT2D eigenvalue weighted by atomic mass is 9.98. The molecule has 0 aromatic heterocycles. The minimum absolute atomic E-state index is 0.000112. The average Bonchev–Trinajstić information content (AvgIpc) is 2.82. The standard InChI is InChI=1S/C16H20ClNO3/c1-3-14(16(20)21-4-2)18-10-12(9-15(18)19)11-6-5-7-13(17)8-11/h5-8,12,14H,3-4,9-10H2,1-2H3. The molecule has 0 bridgehead atoms. The van der Waals surface area contributed by atoms with Crippen molar-refractivity contribution in [3.05, 3.63) is 34.9 Å². The summed E-state index contributed by atoms with van der Waals surface area (Å²) in [6.45, 7) is 4.53. The summed E-state index contributed by atoms with van der Waals surface area (Å²) >= 11 is 6.00. The number of esters is 1. The van der Waals surface area contributed by atoms with E-state index in [2.05, 4.69) is 0 Å². The Morgan fingerprint density at radius 3 is 2.86 bits per heavy atom. The number of rotatable bonds is 5. The SMILES string of the molecule is CCOC(=O)C(CC)N1CC(c2cccc(Cl)c2)CC1=O. The van der Waals surface area contributed by atoms with Gasteiger partial charge in [0.1, 0.15) is 6.04 Å². The molecular formula is C16H20ClNO3. The molecule has 0 N–H and O–H groups in total. The maximum atomic E-state index is 12.2. The topological polar surface area (TPSA) is 46.6 Å². The zero-order valence-corrected chi connectivity index (χ0v) is 13.1. The van der Waals surface area contributed by atoms with Crippen LogP contribution in [0, 0.1) is 0 Å². The minimum atomic E-state index is -0.485.